The number of thiocarbonyl (C=S) groups is 1. The number of benzene rings is 2. The van der Waals surface area contributed by atoms with Gasteiger partial charge in [-0.25, -0.2) is 0 Å². The minimum Gasteiger partial charge on any atom is -0.479 e. The van der Waals surface area contributed by atoms with Crippen molar-refractivity contribution in [3.05, 3.63) is 64.0 Å². The molecule has 25 heavy (non-hydrogen) atoms. The smallest absolute Gasteiger partial charge is 0.270 e. The summed E-state index contributed by atoms with van der Waals surface area (Å²) in [5.41, 5.74) is 1.49. The van der Waals surface area contributed by atoms with Crippen molar-refractivity contribution in [3.63, 3.8) is 0 Å². The number of nitriles is 1. The fraction of sp³-hybridized carbons (Fsp3) is 0.0556. The molecule has 0 spiro atoms. The minimum atomic E-state index is -0.179. The molecule has 1 amide bonds. The lowest BCUT2D eigenvalue weighted by Gasteiger charge is -2.14. The van der Waals surface area contributed by atoms with Crippen molar-refractivity contribution < 1.29 is 9.53 Å². The predicted molar refractivity (Wildman–Crippen MR) is 105 cm³/mol. The van der Waals surface area contributed by atoms with Crippen LogP contribution in [0.3, 0.4) is 0 Å². The van der Waals surface area contributed by atoms with Crippen molar-refractivity contribution in [3.8, 4) is 11.8 Å². The Morgan fingerprint density at radius 1 is 1.28 bits per heavy atom. The number of amides is 1. The highest BCUT2D eigenvalue weighted by Gasteiger charge is 2.33. The third-order valence-electron chi connectivity index (χ3n) is 3.34. The molecule has 3 rings (SSSR count). The Bertz CT molecular complexity index is 904. The summed E-state index contributed by atoms with van der Waals surface area (Å²) >= 11 is 12.6. The average molecular weight is 387 g/mol. The third kappa shape index (κ3) is 4.02. The second-order valence-corrected chi connectivity index (χ2v) is 7.13. The van der Waals surface area contributed by atoms with Gasteiger partial charge in [-0.15, -0.1) is 0 Å². The standard InChI is InChI=1S/C18H11ClN2O2S2/c19-13-2-1-3-14(11-13)21-17(22)16(25-18(21)24)10-12-4-6-15(7-5-12)23-9-8-20/h1-7,10-11H,9H2/b16-10+. The number of nitrogens with zero attached hydrogens (tertiary/aromatic N) is 2. The zero-order chi connectivity index (χ0) is 17.8. The summed E-state index contributed by atoms with van der Waals surface area (Å²) in [5, 5.41) is 9.06. The van der Waals surface area contributed by atoms with Crippen molar-refractivity contribution in [2.24, 2.45) is 0 Å². The molecule has 0 saturated carbocycles. The van der Waals surface area contributed by atoms with Crippen LogP contribution in [0.15, 0.2) is 53.4 Å². The first-order chi connectivity index (χ1) is 12.1. The molecule has 0 N–H and O–H groups in total. The zero-order valence-electron chi connectivity index (χ0n) is 12.8. The predicted octanol–water partition coefficient (Wildman–Crippen LogP) is 4.65. The number of halogens is 1. The molecule has 0 aromatic heterocycles. The van der Waals surface area contributed by atoms with E-state index in [-0.39, 0.29) is 12.5 Å². The molecule has 2 aromatic rings. The zero-order valence-corrected chi connectivity index (χ0v) is 15.2. The minimum absolute atomic E-state index is 0.00234. The molecular formula is C18H11ClN2O2S2. The topological polar surface area (TPSA) is 53.3 Å². The van der Waals surface area contributed by atoms with E-state index >= 15 is 0 Å². The molecular weight excluding hydrogens is 376 g/mol. The van der Waals surface area contributed by atoms with Crippen molar-refractivity contribution in [1.82, 2.24) is 0 Å². The van der Waals surface area contributed by atoms with E-state index in [1.807, 2.05) is 18.2 Å². The highest BCUT2D eigenvalue weighted by molar-refractivity contribution is 8.27. The Labute approximate surface area is 159 Å². The summed E-state index contributed by atoms with van der Waals surface area (Å²) in [5.74, 6) is 0.423. The van der Waals surface area contributed by atoms with E-state index in [0.29, 0.717) is 25.7 Å². The van der Waals surface area contributed by atoms with Crippen LogP contribution in [0.1, 0.15) is 5.56 Å². The van der Waals surface area contributed by atoms with E-state index in [4.69, 9.17) is 33.8 Å². The maximum atomic E-state index is 12.7. The van der Waals surface area contributed by atoms with E-state index in [1.54, 1.807) is 42.5 Å². The first-order valence-corrected chi connectivity index (χ1v) is 8.82. The first kappa shape index (κ1) is 17.5. The molecule has 1 saturated heterocycles. The molecule has 0 bridgehead atoms. The van der Waals surface area contributed by atoms with E-state index in [9.17, 15) is 4.79 Å². The van der Waals surface area contributed by atoms with Crippen LogP contribution in [-0.4, -0.2) is 16.8 Å². The van der Waals surface area contributed by atoms with E-state index in [1.165, 1.54) is 16.7 Å². The molecule has 0 aliphatic carbocycles. The number of thioether (sulfide) groups is 1. The lowest BCUT2D eigenvalue weighted by Crippen LogP contribution is -2.27. The number of rotatable bonds is 4. The van der Waals surface area contributed by atoms with Crippen LogP contribution >= 0.6 is 35.6 Å². The van der Waals surface area contributed by atoms with Crippen LogP contribution < -0.4 is 9.64 Å². The van der Waals surface area contributed by atoms with Gasteiger partial charge >= 0.3 is 0 Å². The summed E-state index contributed by atoms with van der Waals surface area (Å²) in [4.78, 5) is 14.7. The van der Waals surface area contributed by atoms with E-state index in [2.05, 4.69) is 0 Å². The summed E-state index contributed by atoms with van der Waals surface area (Å²) in [7, 11) is 0. The number of carbonyl (C=O) groups excluding carboxylic acids is 1. The van der Waals surface area contributed by atoms with Gasteiger partial charge in [0.05, 0.1) is 10.6 Å². The van der Waals surface area contributed by atoms with Crippen LogP contribution in [0.5, 0.6) is 5.75 Å². The van der Waals surface area contributed by atoms with Gasteiger partial charge in [-0.05, 0) is 42.0 Å². The van der Waals surface area contributed by atoms with Crippen LogP contribution in [0.25, 0.3) is 6.08 Å². The summed E-state index contributed by atoms with van der Waals surface area (Å²) in [6.45, 7) is -0.00234. The highest BCUT2D eigenvalue weighted by Crippen LogP contribution is 2.36. The van der Waals surface area contributed by atoms with Gasteiger partial charge in [-0.2, -0.15) is 5.26 Å². The third-order valence-corrected chi connectivity index (χ3v) is 4.88. The molecule has 7 heteroatoms. The van der Waals surface area contributed by atoms with Crippen LogP contribution in [0.2, 0.25) is 5.02 Å². The molecule has 1 aliphatic rings. The van der Waals surface area contributed by atoms with Crippen molar-refractivity contribution in [1.29, 1.82) is 5.26 Å². The fourth-order valence-corrected chi connectivity index (χ4v) is 3.72. The van der Waals surface area contributed by atoms with E-state index in [0.717, 1.165) is 5.56 Å². The Kier molecular flexibility index (Phi) is 5.39. The van der Waals surface area contributed by atoms with Crippen LogP contribution in [0.4, 0.5) is 5.69 Å². The largest absolute Gasteiger partial charge is 0.479 e. The highest BCUT2D eigenvalue weighted by atomic mass is 35.5. The Morgan fingerprint density at radius 3 is 2.72 bits per heavy atom. The van der Waals surface area contributed by atoms with Gasteiger partial charge in [-0.1, -0.05) is 53.8 Å². The first-order valence-electron chi connectivity index (χ1n) is 7.22. The fourth-order valence-electron chi connectivity index (χ4n) is 2.23. The number of ether oxygens (including phenoxy) is 1. The SMILES string of the molecule is N#CCOc1ccc(/C=C2/SC(=S)N(c3cccc(Cl)c3)C2=O)cc1. The monoisotopic (exact) mass is 386 g/mol. The molecule has 4 nitrogen and oxygen atoms in total. The lowest BCUT2D eigenvalue weighted by molar-refractivity contribution is -0.113. The molecule has 2 aromatic carbocycles. The van der Waals surface area contributed by atoms with Gasteiger partial charge in [0.15, 0.2) is 10.9 Å². The summed E-state index contributed by atoms with van der Waals surface area (Å²) in [6, 6.07) is 16.1. The number of anilines is 1. The van der Waals surface area contributed by atoms with Crippen molar-refractivity contribution in [2.75, 3.05) is 11.5 Å². The maximum Gasteiger partial charge on any atom is 0.270 e. The number of carbonyl (C=O) groups is 1. The quantitative estimate of drug-likeness (QED) is 0.565. The van der Waals surface area contributed by atoms with Crippen LogP contribution in [0, 0.1) is 11.3 Å². The second kappa shape index (κ2) is 7.70. The summed E-state index contributed by atoms with van der Waals surface area (Å²) in [6.07, 6.45) is 1.78. The van der Waals surface area contributed by atoms with Crippen LogP contribution in [-0.2, 0) is 4.79 Å². The molecule has 124 valence electrons. The van der Waals surface area contributed by atoms with E-state index < -0.39 is 0 Å². The molecule has 0 radical (unpaired) electrons. The van der Waals surface area contributed by atoms with Crippen molar-refractivity contribution >= 4 is 57.6 Å². The Balaban J connectivity index is 1.82. The molecule has 1 heterocycles. The molecule has 1 fully saturated rings. The van der Waals surface area contributed by atoms with Gasteiger partial charge in [0.1, 0.15) is 11.8 Å². The van der Waals surface area contributed by atoms with Gasteiger partial charge in [-0.3, -0.25) is 9.69 Å². The van der Waals surface area contributed by atoms with Crippen molar-refractivity contribution in [2.45, 2.75) is 0 Å². The Morgan fingerprint density at radius 2 is 2.04 bits per heavy atom. The molecule has 0 atom stereocenters. The van der Waals surface area contributed by atoms with Gasteiger partial charge in [0.25, 0.3) is 5.91 Å². The van der Waals surface area contributed by atoms with Gasteiger partial charge < -0.3 is 4.74 Å². The Hall–Kier alpha value is -2.33. The average Bonchev–Trinajstić information content (AvgIpc) is 2.88. The second-order valence-electron chi connectivity index (χ2n) is 5.01. The number of hydrogen-bond donors (Lipinski definition) is 0. The molecule has 0 unspecified atom stereocenters. The lowest BCUT2D eigenvalue weighted by atomic mass is 10.2. The summed E-state index contributed by atoms with van der Waals surface area (Å²) < 4.78 is 5.67. The molecule has 1 aliphatic heterocycles. The number of hydrogen-bond acceptors (Lipinski definition) is 5. The van der Waals surface area contributed by atoms with Gasteiger partial charge in [0.2, 0.25) is 0 Å². The maximum absolute atomic E-state index is 12.7. The van der Waals surface area contributed by atoms with Gasteiger partial charge in [0, 0.05) is 5.02 Å². The normalized spacial score (nSPS) is 15.5.